The number of nitrogens with zero attached hydrogens (tertiary/aromatic N) is 3. The van der Waals surface area contributed by atoms with Gasteiger partial charge in [-0.05, 0) is 29.7 Å². The van der Waals surface area contributed by atoms with E-state index in [0.717, 1.165) is 9.90 Å². The molecule has 138 valence electrons. The molecule has 1 aromatic heterocycles. The van der Waals surface area contributed by atoms with Crippen LogP contribution in [0.4, 0.5) is 4.79 Å². The van der Waals surface area contributed by atoms with Crippen molar-refractivity contribution in [3.05, 3.63) is 40.4 Å². The number of urea groups is 1. The van der Waals surface area contributed by atoms with E-state index in [1.807, 2.05) is 30.5 Å². The topological polar surface area (TPSA) is 75.2 Å². The molecule has 1 saturated heterocycles. The van der Waals surface area contributed by atoms with E-state index in [0.29, 0.717) is 5.01 Å². The van der Waals surface area contributed by atoms with Crippen LogP contribution in [0.5, 0.6) is 0 Å². The summed E-state index contributed by atoms with van der Waals surface area (Å²) in [5, 5.41) is 11.5. The van der Waals surface area contributed by atoms with Crippen molar-refractivity contribution in [2.45, 2.75) is 49.5 Å². The first-order valence-corrected chi connectivity index (χ1v) is 10.3. The zero-order chi connectivity index (χ0) is 19.1. The van der Waals surface area contributed by atoms with Gasteiger partial charge in [0.1, 0.15) is 10.5 Å². The minimum absolute atomic E-state index is 0.0290. The molecule has 3 rings (SSSR count). The van der Waals surface area contributed by atoms with Gasteiger partial charge in [-0.3, -0.25) is 9.69 Å². The highest BCUT2D eigenvalue weighted by molar-refractivity contribution is 8.00. The first-order valence-electron chi connectivity index (χ1n) is 8.26. The summed E-state index contributed by atoms with van der Waals surface area (Å²) >= 11 is 2.88. The highest BCUT2D eigenvalue weighted by atomic mass is 32.2. The average Bonchev–Trinajstić information content (AvgIpc) is 3.13. The third-order valence-electron chi connectivity index (χ3n) is 4.52. The minimum atomic E-state index is -1.07. The van der Waals surface area contributed by atoms with Crippen LogP contribution in [0, 0.1) is 0 Å². The number of amides is 3. The smallest absolute Gasteiger partial charge is 0.319 e. The van der Waals surface area contributed by atoms with Gasteiger partial charge in [0.25, 0.3) is 5.91 Å². The van der Waals surface area contributed by atoms with Gasteiger partial charge in [-0.25, -0.2) is 4.79 Å². The lowest BCUT2D eigenvalue weighted by molar-refractivity contribution is -0.131. The number of imide groups is 1. The molecule has 1 N–H and O–H groups in total. The summed E-state index contributed by atoms with van der Waals surface area (Å²) < 4.78 is 0.813. The van der Waals surface area contributed by atoms with Gasteiger partial charge in [-0.1, -0.05) is 68.1 Å². The van der Waals surface area contributed by atoms with Crippen molar-refractivity contribution in [1.29, 1.82) is 0 Å². The highest BCUT2D eigenvalue weighted by Crippen LogP contribution is 2.32. The molecule has 0 saturated carbocycles. The summed E-state index contributed by atoms with van der Waals surface area (Å²) in [4.78, 5) is 26.6. The van der Waals surface area contributed by atoms with Crippen molar-refractivity contribution in [2.24, 2.45) is 0 Å². The van der Waals surface area contributed by atoms with E-state index in [9.17, 15) is 9.59 Å². The number of rotatable bonds is 4. The van der Waals surface area contributed by atoms with Crippen LogP contribution < -0.4 is 5.32 Å². The zero-order valence-corrected chi connectivity index (χ0v) is 17.1. The average molecular weight is 391 g/mol. The number of carbonyl (C=O) groups is 2. The van der Waals surface area contributed by atoms with Gasteiger partial charge in [-0.2, -0.15) is 0 Å². The quantitative estimate of drug-likeness (QED) is 0.638. The monoisotopic (exact) mass is 390 g/mol. The van der Waals surface area contributed by atoms with Gasteiger partial charge < -0.3 is 5.32 Å². The van der Waals surface area contributed by atoms with Crippen LogP contribution in [0.1, 0.15) is 43.8 Å². The lowest BCUT2D eigenvalue weighted by atomic mass is 9.84. The predicted molar refractivity (Wildman–Crippen MR) is 103 cm³/mol. The molecule has 6 nitrogen and oxygen atoms in total. The summed E-state index contributed by atoms with van der Waals surface area (Å²) in [5.41, 5.74) is 0.909. The minimum Gasteiger partial charge on any atom is -0.319 e. The Kier molecular flexibility index (Phi) is 4.83. The molecule has 0 spiro atoms. The lowest BCUT2D eigenvalue weighted by Crippen LogP contribution is -2.40. The Hall–Kier alpha value is -1.93. The van der Waals surface area contributed by atoms with E-state index in [-0.39, 0.29) is 17.9 Å². The zero-order valence-electron chi connectivity index (χ0n) is 15.5. The van der Waals surface area contributed by atoms with Crippen molar-refractivity contribution in [3.63, 3.8) is 0 Å². The SMILES string of the molecule is CSc1nnc(CN2C(=O)NC(C)(c3ccc(C(C)(C)C)cc3)C2=O)s1. The Labute approximate surface area is 161 Å². The standard InChI is InChI=1S/C18H22N4O2S2/c1-17(2,3)11-6-8-12(9-7-11)18(4)14(23)22(15(24)19-18)10-13-20-21-16(25-5)26-13/h6-9H,10H2,1-5H3,(H,19,24). The van der Waals surface area contributed by atoms with Crippen molar-refractivity contribution in [1.82, 2.24) is 20.4 Å². The van der Waals surface area contributed by atoms with Crippen molar-refractivity contribution >= 4 is 35.0 Å². The van der Waals surface area contributed by atoms with Crippen LogP contribution in [0.25, 0.3) is 0 Å². The first kappa shape index (κ1) is 18.8. The van der Waals surface area contributed by atoms with Gasteiger partial charge >= 0.3 is 6.03 Å². The van der Waals surface area contributed by atoms with E-state index in [2.05, 4.69) is 36.3 Å². The van der Waals surface area contributed by atoms with E-state index in [1.165, 1.54) is 33.6 Å². The number of aromatic nitrogens is 2. The van der Waals surface area contributed by atoms with E-state index >= 15 is 0 Å². The molecule has 2 aromatic rings. The Morgan fingerprint density at radius 1 is 1.19 bits per heavy atom. The Balaban J connectivity index is 1.84. The van der Waals surface area contributed by atoms with Gasteiger partial charge in [0.05, 0.1) is 6.54 Å². The summed E-state index contributed by atoms with van der Waals surface area (Å²) in [5.74, 6) is -0.271. The second-order valence-corrected chi connectivity index (χ2v) is 9.56. The number of hydrogen-bond acceptors (Lipinski definition) is 6. The molecule has 1 aliphatic rings. The molecule has 0 bridgehead atoms. The molecule has 26 heavy (non-hydrogen) atoms. The fraction of sp³-hybridized carbons (Fsp3) is 0.444. The van der Waals surface area contributed by atoms with Crippen molar-refractivity contribution in [2.75, 3.05) is 6.26 Å². The molecule has 1 atom stereocenters. The van der Waals surface area contributed by atoms with Gasteiger partial charge in [0.15, 0.2) is 4.34 Å². The van der Waals surface area contributed by atoms with Crippen LogP contribution in [-0.2, 0) is 22.3 Å². The molecule has 1 aromatic carbocycles. The molecule has 3 amide bonds. The third-order valence-corrected chi connectivity index (χ3v) is 6.40. The maximum atomic E-state index is 13.0. The normalized spacial score (nSPS) is 20.6. The first-order chi connectivity index (χ1) is 12.1. The Morgan fingerprint density at radius 2 is 1.85 bits per heavy atom. The summed E-state index contributed by atoms with van der Waals surface area (Å²) in [6, 6.07) is 7.45. The second kappa shape index (κ2) is 6.66. The highest BCUT2D eigenvalue weighted by Gasteiger charge is 2.49. The molecule has 0 aliphatic carbocycles. The Morgan fingerprint density at radius 3 is 2.38 bits per heavy atom. The van der Waals surface area contributed by atoms with Gasteiger partial charge in [0.2, 0.25) is 0 Å². The number of hydrogen-bond donors (Lipinski definition) is 1. The second-order valence-electron chi connectivity index (χ2n) is 7.44. The Bertz CT molecular complexity index is 842. The largest absolute Gasteiger partial charge is 0.325 e. The van der Waals surface area contributed by atoms with Crippen molar-refractivity contribution < 1.29 is 9.59 Å². The summed E-state index contributed by atoms with van der Waals surface area (Å²) in [6.45, 7) is 8.29. The van der Waals surface area contributed by atoms with Gasteiger partial charge in [0, 0.05) is 0 Å². The molecular weight excluding hydrogens is 368 g/mol. The fourth-order valence-corrected chi connectivity index (χ4v) is 4.16. The molecule has 1 fully saturated rings. The van der Waals surface area contributed by atoms with E-state index in [1.54, 1.807) is 6.92 Å². The number of nitrogens with one attached hydrogen (secondary N) is 1. The maximum Gasteiger partial charge on any atom is 0.325 e. The molecule has 1 aliphatic heterocycles. The predicted octanol–water partition coefficient (Wildman–Crippen LogP) is 3.52. The van der Waals surface area contributed by atoms with Crippen molar-refractivity contribution in [3.8, 4) is 0 Å². The van der Waals surface area contributed by atoms with Crippen LogP contribution in [-0.4, -0.2) is 33.3 Å². The number of thioether (sulfide) groups is 1. The van der Waals surface area contributed by atoms with E-state index < -0.39 is 11.6 Å². The van der Waals surface area contributed by atoms with Crippen LogP contribution in [0.2, 0.25) is 0 Å². The molecule has 8 heteroatoms. The maximum absolute atomic E-state index is 13.0. The molecule has 0 radical (unpaired) electrons. The van der Waals surface area contributed by atoms with Crippen LogP contribution in [0.15, 0.2) is 28.6 Å². The molecule has 2 heterocycles. The fourth-order valence-electron chi connectivity index (χ4n) is 2.86. The third kappa shape index (κ3) is 3.35. The lowest BCUT2D eigenvalue weighted by Gasteiger charge is -2.24. The number of benzene rings is 1. The molecular formula is C18H22N4O2S2. The number of carbonyl (C=O) groups excluding carboxylic acids is 2. The van der Waals surface area contributed by atoms with Crippen LogP contribution >= 0.6 is 23.1 Å². The van der Waals surface area contributed by atoms with Gasteiger partial charge in [-0.15, -0.1) is 10.2 Å². The summed E-state index contributed by atoms with van der Waals surface area (Å²) in [6.07, 6.45) is 1.91. The van der Waals surface area contributed by atoms with E-state index in [4.69, 9.17) is 0 Å². The summed E-state index contributed by atoms with van der Waals surface area (Å²) in [7, 11) is 0. The molecule has 1 unspecified atom stereocenters. The van der Waals surface area contributed by atoms with Crippen LogP contribution in [0.3, 0.4) is 0 Å².